The molecule has 4 heteroatoms. The molecule has 1 heterocycles. The number of aryl methyl sites for hydroxylation is 1. The van der Waals surface area contributed by atoms with Crippen LogP contribution in [0.4, 0.5) is 10.5 Å². The number of hydrogen-bond donors (Lipinski definition) is 1. The van der Waals surface area contributed by atoms with E-state index in [0.29, 0.717) is 0 Å². The normalized spacial score (nSPS) is 17.5. The van der Waals surface area contributed by atoms with E-state index < -0.39 is 0 Å². The number of benzene rings is 2. The summed E-state index contributed by atoms with van der Waals surface area (Å²) in [5, 5.41) is 2.99. The maximum Gasteiger partial charge on any atom is 0.322 e. The summed E-state index contributed by atoms with van der Waals surface area (Å²) in [6.45, 7) is 2.89. The average Bonchev–Trinajstić information content (AvgIpc) is 2.99. The van der Waals surface area contributed by atoms with Crippen molar-refractivity contribution in [1.29, 1.82) is 0 Å². The third-order valence-corrected chi connectivity index (χ3v) is 4.56. The van der Waals surface area contributed by atoms with Crippen LogP contribution in [0.15, 0.2) is 53.0 Å². The van der Waals surface area contributed by atoms with E-state index in [1.807, 2.05) is 29.2 Å². The van der Waals surface area contributed by atoms with E-state index in [1.54, 1.807) is 0 Å². The summed E-state index contributed by atoms with van der Waals surface area (Å²) < 4.78 is 1.00. The average molecular weight is 359 g/mol. The first-order valence-electron chi connectivity index (χ1n) is 7.53. The van der Waals surface area contributed by atoms with Crippen LogP contribution in [0, 0.1) is 6.92 Å². The number of anilines is 1. The molecule has 0 aromatic heterocycles. The first kappa shape index (κ1) is 15.1. The van der Waals surface area contributed by atoms with Crippen molar-refractivity contribution < 1.29 is 4.79 Å². The van der Waals surface area contributed by atoms with Gasteiger partial charge < -0.3 is 10.2 Å². The molecule has 0 bridgehead atoms. The Bertz CT molecular complexity index is 669. The summed E-state index contributed by atoms with van der Waals surface area (Å²) in [6.07, 6.45) is 2.07. The monoisotopic (exact) mass is 358 g/mol. The summed E-state index contributed by atoms with van der Waals surface area (Å²) >= 11 is 3.40. The lowest BCUT2D eigenvalue weighted by atomic mass is 10.0. The Balaban J connectivity index is 1.75. The van der Waals surface area contributed by atoms with Crippen molar-refractivity contribution in [3.8, 4) is 0 Å². The van der Waals surface area contributed by atoms with Gasteiger partial charge in [-0.3, -0.25) is 0 Å². The number of nitrogens with one attached hydrogen (secondary N) is 1. The van der Waals surface area contributed by atoms with Gasteiger partial charge in [0.05, 0.1) is 6.04 Å². The van der Waals surface area contributed by atoms with E-state index in [1.165, 1.54) is 11.1 Å². The number of amides is 2. The third kappa shape index (κ3) is 3.33. The van der Waals surface area contributed by atoms with Gasteiger partial charge in [-0.25, -0.2) is 4.79 Å². The smallest absolute Gasteiger partial charge is 0.317 e. The molecule has 1 fully saturated rings. The second-order valence-electron chi connectivity index (χ2n) is 5.70. The van der Waals surface area contributed by atoms with E-state index in [2.05, 4.69) is 52.4 Å². The summed E-state index contributed by atoms with van der Waals surface area (Å²) in [6, 6.07) is 16.3. The van der Waals surface area contributed by atoms with Crippen LogP contribution in [0.1, 0.15) is 30.0 Å². The van der Waals surface area contributed by atoms with Crippen LogP contribution in [0.5, 0.6) is 0 Å². The highest BCUT2D eigenvalue weighted by Gasteiger charge is 2.29. The van der Waals surface area contributed by atoms with Crippen LogP contribution < -0.4 is 5.32 Å². The topological polar surface area (TPSA) is 32.3 Å². The van der Waals surface area contributed by atoms with Crippen molar-refractivity contribution in [3.63, 3.8) is 0 Å². The Morgan fingerprint density at radius 1 is 1.23 bits per heavy atom. The summed E-state index contributed by atoms with van der Waals surface area (Å²) in [5.74, 6) is 0. The minimum Gasteiger partial charge on any atom is -0.317 e. The molecule has 22 heavy (non-hydrogen) atoms. The molecule has 2 aromatic rings. The van der Waals surface area contributed by atoms with Crippen molar-refractivity contribution in [2.75, 3.05) is 11.9 Å². The minimum atomic E-state index is -0.0219. The van der Waals surface area contributed by atoms with Gasteiger partial charge >= 0.3 is 6.03 Å². The van der Waals surface area contributed by atoms with Crippen LogP contribution in [0.2, 0.25) is 0 Å². The van der Waals surface area contributed by atoms with Crippen molar-refractivity contribution in [3.05, 3.63) is 64.1 Å². The molecule has 3 rings (SSSR count). The fourth-order valence-electron chi connectivity index (χ4n) is 2.96. The van der Waals surface area contributed by atoms with E-state index in [9.17, 15) is 4.79 Å². The number of nitrogens with zero attached hydrogens (tertiary/aromatic N) is 1. The van der Waals surface area contributed by atoms with E-state index in [0.717, 1.165) is 29.5 Å². The van der Waals surface area contributed by atoms with Gasteiger partial charge in [0.2, 0.25) is 0 Å². The maximum absolute atomic E-state index is 12.6. The molecule has 0 radical (unpaired) electrons. The molecule has 1 aliphatic heterocycles. The number of carbonyl (C=O) groups is 1. The Morgan fingerprint density at radius 2 is 2.00 bits per heavy atom. The first-order chi connectivity index (χ1) is 10.6. The largest absolute Gasteiger partial charge is 0.322 e. The van der Waals surface area contributed by atoms with Crippen LogP contribution in [-0.2, 0) is 0 Å². The first-order valence-corrected chi connectivity index (χ1v) is 8.32. The van der Waals surface area contributed by atoms with E-state index in [4.69, 9.17) is 0 Å². The molecule has 2 aromatic carbocycles. The van der Waals surface area contributed by atoms with Gasteiger partial charge in [0.25, 0.3) is 0 Å². The zero-order valence-electron chi connectivity index (χ0n) is 12.6. The van der Waals surface area contributed by atoms with Gasteiger partial charge in [-0.1, -0.05) is 45.8 Å². The molecule has 1 aliphatic rings. The molecule has 0 aliphatic carbocycles. The van der Waals surface area contributed by atoms with Crippen molar-refractivity contribution in [2.24, 2.45) is 0 Å². The number of likely N-dealkylation sites (tertiary alicyclic amines) is 1. The van der Waals surface area contributed by atoms with Crippen molar-refractivity contribution in [1.82, 2.24) is 4.90 Å². The molecule has 0 spiro atoms. The molecular weight excluding hydrogens is 340 g/mol. The fourth-order valence-corrected chi connectivity index (χ4v) is 3.23. The van der Waals surface area contributed by atoms with Crippen LogP contribution >= 0.6 is 15.9 Å². The molecule has 1 atom stereocenters. The summed E-state index contributed by atoms with van der Waals surface area (Å²) in [7, 11) is 0. The molecule has 1 saturated heterocycles. The maximum atomic E-state index is 12.6. The van der Waals surface area contributed by atoms with Gasteiger partial charge in [0, 0.05) is 16.7 Å². The Morgan fingerprint density at radius 3 is 2.73 bits per heavy atom. The minimum absolute atomic E-state index is 0.0219. The summed E-state index contributed by atoms with van der Waals surface area (Å²) in [4.78, 5) is 14.5. The molecule has 1 unspecified atom stereocenters. The highest BCUT2D eigenvalue weighted by Crippen LogP contribution is 2.32. The molecule has 2 amide bonds. The quantitative estimate of drug-likeness (QED) is 0.792. The Kier molecular flexibility index (Phi) is 4.48. The summed E-state index contributed by atoms with van der Waals surface area (Å²) in [5.41, 5.74) is 3.28. The highest BCUT2D eigenvalue weighted by atomic mass is 79.9. The zero-order chi connectivity index (χ0) is 15.5. The van der Waals surface area contributed by atoms with E-state index >= 15 is 0 Å². The van der Waals surface area contributed by atoms with E-state index in [-0.39, 0.29) is 12.1 Å². The SMILES string of the molecule is Cc1cccc(C2CCCN2C(=O)Nc2ccc(Br)cc2)c1. The van der Waals surface area contributed by atoms with Gasteiger partial charge in [0.1, 0.15) is 0 Å². The molecule has 0 saturated carbocycles. The van der Waals surface area contributed by atoms with Crippen molar-refractivity contribution in [2.45, 2.75) is 25.8 Å². The number of hydrogen-bond acceptors (Lipinski definition) is 1. The van der Waals surface area contributed by atoms with Gasteiger partial charge in [-0.15, -0.1) is 0 Å². The van der Waals surface area contributed by atoms with Crippen molar-refractivity contribution >= 4 is 27.6 Å². The lowest BCUT2D eigenvalue weighted by Crippen LogP contribution is -2.34. The van der Waals surface area contributed by atoms with Gasteiger partial charge in [0.15, 0.2) is 0 Å². The number of carbonyl (C=O) groups excluding carboxylic acids is 1. The Labute approximate surface area is 139 Å². The lowest BCUT2D eigenvalue weighted by molar-refractivity contribution is 0.207. The standard InChI is InChI=1S/C18H19BrN2O/c1-13-4-2-5-14(12-13)17-6-3-11-21(17)18(22)20-16-9-7-15(19)8-10-16/h2,4-5,7-10,12,17H,3,6,11H2,1H3,(H,20,22). The molecule has 3 nitrogen and oxygen atoms in total. The molecule has 1 N–H and O–H groups in total. The van der Waals surface area contributed by atoms with Gasteiger partial charge in [-0.2, -0.15) is 0 Å². The third-order valence-electron chi connectivity index (χ3n) is 4.04. The lowest BCUT2D eigenvalue weighted by Gasteiger charge is -2.25. The second-order valence-corrected chi connectivity index (χ2v) is 6.62. The number of halogens is 1. The van der Waals surface area contributed by atoms with Crippen LogP contribution in [0.25, 0.3) is 0 Å². The second kappa shape index (κ2) is 6.53. The number of urea groups is 1. The predicted octanol–water partition coefficient (Wildman–Crippen LogP) is 5.13. The number of rotatable bonds is 2. The highest BCUT2D eigenvalue weighted by molar-refractivity contribution is 9.10. The predicted molar refractivity (Wildman–Crippen MR) is 93.0 cm³/mol. The molecular formula is C18H19BrN2O. The Hall–Kier alpha value is -1.81. The van der Waals surface area contributed by atoms with Gasteiger partial charge in [-0.05, 0) is 49.6 Å². The fraction of sp³-hybridized carbons (Fsp3) is 0.278. The van der Waals surface area contributed by atoms with Crippen LogP contribution in [-0.4, -0.2) is 17.5 Å². The zero-order valence-corrected chi connectivity index (χ0v) is 14.1. The van der Waals surface area contributed by atoms with Crippen LogP contribution in [0.3, 0.4) is 0 Å². The molecule has 114 valence electrons.